The molecule has 7 nitrogen and oxygen atoms in total. The number of nitrogens with zero attached hydrogens (tertiary/aromatic N) is 1. The van der Waals surface area contributed by atoms with Crippen LogP contribution in [-0.2, 0) is 9.53 Å². The largest absolute Gasteiger partial charge is 0.496 e. The van der Waals surface area contributed by atoms with Crippen LogP contribution < -0.4 is 15.8 Å². The van der Waals surface area contributed by atoms with Gasteiger partial charge in [0, 0.05) is 31.1 Å². The van der Waals surface area contributed by atoms with Crippen molar-refractivity contribution in [3.8, 4) is 5.75 Å². The number of esters is 1. The van der Waals surface area contributed by atoms with Gasteiger partial charge in [-0.25, -0.2) is 0 Å². The SMILES string of the molecule is CCOC(=O)CCCN1C2CCCC1CC(CCNC(=O)c1cc(Cl)c(N)cc1OC)C2. The van der Waals surface area contributed by atoms with Crippen LogP contribution in [-0.4, -0.2) is 55.7 Å². The van der Waals surface area contributed by atoms with Gasteiger partial charge in [-0.3, -0.25) is 14.5 Å². The fourth-order valence-electron chi connectivity index (χ4n) is 5.23. The summed E-state index contributed by atoms with van der Waals surface area (Å²) >= 11 is 6.09. The Kier molecular flexibility index (Phi) is 9.05. The second kappa shape index (κ2) is 11.8. The predicted octanol–water partition coefficient (Wildman–Crippen LogP) is 4.03. The summed E-state index contributed by atoms with van der Waals surface area (Å²) < 4.78 is 10.3. The number of nitrogens with one attached hydrogen (secondary N) is 1. The Morgan fingerprint density at radius 1 is 1.25 bits per heavy atom. The summed E-state index contributed by atoms with van der Waals surface area (Å²) in [5.41, 5.74) is 6.60. The zero-order valence-electron chi connectivity index (χ0n) is 19.2. The number of hydrogen-bond donors (Lipinski definition) is 2. The lowest BCUT2D eigenvalue weighted by atomic mass is 9.77. The molecule has 8 heteroatoms. The number of hydrogen-bond acceptors (Lipinski definition) is 6. The average Bonchev–Trinajstić information content (AvgIpc) is 2.75. The third-order valence-electron chi connectivity index (χ3n) is 6.73. The monoisotopic (exact) mass is 465 g/mol. The maximum atomic E-state index is 12.7. The Balaban J connectivity index is 1.47. The van der Waals surface area contributed by atoms with Crippen molar-refractivity contribution in [2.45, 2.75) is 70.4 Å². The van der Waals surface area contributed by atoms with Crippen molar-refractivity contribution in [2.75, 3.05) is 32.5 Å². The number of carbonyl (C=O) groups is 2. The lowest BCUT2D eigenvalue weighted by molar-refractivity contribution is -0.143. The van der Waals surface area contributed by atoms with E-state index in [0.29, 0.717) is 59.6 Å². The summed E-state index contributed by atoms with van der Waals surface area (Å²) in [6.07, 6.45) is 8.35. The molecule has 2 unspecified atom stereocenters. The highest BCUT2D eigenvalue weighted by Gasteiger charge is 2.37. The van der Waals surface area contributed by atoms with Gasteiger partial charge in [0.25, 0.3) is 5.91 Å². The molecular weight excluding hydrogens is 430 g/mol. The van der Waals surface area contributed by atoms with Gasteiger partial charge in [0.1, 0.15) is 5.75 Å². The number of piperidine rings is 2. The number of ether oxygens (including phenoxy) is 2. The fraction of sp³-hybridized carbons (Fsp3) is 0.667. The summed E-state index contributed by atoms with van der Waals surface area (Å²) in [7, 11) is 1.51. The molecule has 1 aromatic rings. The van der Waals surface area contributed by atoms with E-state index in [1.54, 1.807) is 12.1 Å². The molecule has 0 radical (unpaired) electrons. The van der Waals surface area contributed by atoms with Crippen molar-refractivity contribution in [2.24, 2.45) is 5.92 Å². The van der Waals surface area contributed by atoms with E-state index in [-0.39, 0.29) is 11.9 Å². The minimum absolute atomic E-state index is 0.0951. The first-order chi connectivity index (χ1) is 15.4. The van der Waals surface area contributed by atoms with Gasteiger partial charge in [-0.2, -0.15) is 0 Å². The molecule has 0 aromatic heterocycles. The Hall–Kier alpha value is -1.99. The number of fused-ring (bicyclic) bond motifs is 2. The molecule has 0 spiro atoms. The number of rotatable bonds is 10. The van der Waals surface area contributed by atoms with E-state index in [1.807, 2.05) is 6.92 Å². The van der Waals surface area contributed by atoms with Crippen LogP contribution in [0.25, 0.3) is 0 Å². The Morgan fingerprint density at radius 3 is 2.62 bits per heavy atom. The van der Waals surface area contributed by atoms with Crippen molar-refractivity contribution >= 4 is 29.2 Å². The number of nitrogen functional groups attached to an aromatic ring is 1. The van der Waals surface area contributed by atoms with Crippen LogP contribution in [0.15, 0.2) is 12.1 Å². The summed E-state index contributed by atoms with van der Waals surface area (Å²) in [6.45, 7) is 3.88. The third-order valence-corrected chi connectivity index (χ3v) is 7.05. The molecule has 1 aromatic carbocycles. The minimum Gasteiger partial charge on any atom is -0.496 e. The van der Waals surface area contributed by atoms with E-state index >= 15 is 0 Å². The zero-order chi connectivity index (χ0) is 23.1. The van der Waals surface area contributed by atoms with E-state index in [9.17, 15) is 9.59 Å². The predicted molar refractivity (Wildman–Crippen MR) is 126 cm³/mol. The average molecular weight is 466 g/mol. The van der Waals surface area contributed by atoms with Gasteiger partial charge in [-0.15, -0.1) is 0 Å². The van der Waals surface area contributed by atoms with E-state index < -0.39 is 0 Å². The minimum atomic E-state index is -0.194. The van der Waals surface area contributed by atoms with Crippen LogP contribution in [0.5, 0.6) is 5.75 Å². The lowest BCUT2D eigenvalue weighted by Gasteiger charge is -2.49. The number of amides is 1. The Bertz CT molecular complexity index is 790. The van der Waals surface area contributed by atoms with Gasteiger partial charge in [0.15, 0.2) is 0 Å². The van der Waals surface area contributed by atoms with E-state index in [0.717, 1.165) is 32.2 Å². The smallest absolute Gasteiger partial charge is 0.305 e. The molecule has 3 N–H and O–H groups in total. The summed E-state index contributed by atoms with van der Waals surface area (Å²) in [5.74, 6) is 0.738. The number of carbonyl (C=O) groups excluding carboxylic acids is 2. The highest BCUT2D eigenvalue weighted by atomic mass is 35.5. The highest BCUT2D eigenvalue weighted by molar-refractivity contribution is 6.33. The standard InChI is InChI=1S/C24H36ClN3O4/c1-3-32-23(29)8-5-11-28-17-6-4-7-18(28)13-16(12-17)9-10-27-24(30)19-14-20(25)21(26)15-22(19)31-2/h14-18H,3-13,26H2,1-2H3,(H,27,30). The first kappa shape index (κ1) is 24.6. The summed E-state index contributed by atoms with van der Waals surface area (Å²) in [5, 5.41) is 3.37. The normalized spacial score (nSPS) is 22.9. The molecule has 3 rings (SSSR count). The van der Waals surface area contributed by atoms with Crippen LogP contribution in [0.1, 0.15) is 68.6 Å². The molecule has 2 saturated heterocycles. The van der Waals surface area contributed by atoms with Crippen molar-refractivity contribution in [1.29, 1.82) is 0 Å². The van der Waals surface area contributed by atoms with Crippen molar-refractivity contribution in [1.82, 2.24) is 10.2 Å². The van der Waals surface area contributed by atoms with Crippen molar-refractivity contribution in [3.63, 3.8) is 0 Å². The molecule has 1 amide bonds. The number of nitrogens with two attached hydrogens (primary N) is 1. The number of anilines is 1. The van der Waals surface area contributed by atoms with E-state index in [2.05, 4.69) is 10.2 Å². The molecule has 2 heterocycles. The van der Waals surface area contributed by atoms with Crippen LogP contribution in [0, 0.1) is 5.92 Å². The van der Waals surface area contributed by atoms with Crippen LogP contribution in [0.2, 0.25) is 5.02 Å². The molecule has 2 aliphatic rings. The van der Waals surface area contributed by atoms with Gasteiger partial charge >= 0.3 is 5.97 Å². The Morgan fingerprint density at radius 2 is 1.97 bits per heavy atom. The molecule has 2 bridgehead atoms. The molecule has 2 fully saturated rings. The van der Waals surface area contributed by atoms with Gasteiger partial charge in [0.05, 0.1) is 30.0 Å². The van der Waals surface area contributed by atoms with E-state index in [4.69, 9.17) is 26.8 Å². The van der Waals surface area contributed by atoms with Gasteiger partial charge in [-0.05, 0) is 64.0 Å². The molecule has 178 valence electrons. The fourth-order valence-corrected chi connectivity index (χ4v) is 5.40. The second-order valence-corrected chi connectivity index (χ2v) is 9.25. The Labute approximate surface area is 195 Å². The molecule has 0 saturated carbocycles. The zero-order valence-corrected chi connectivity index (χ0v) is 20.0. The second-order valence-electron chi connectivity index (χ2n) is 8.84. The first-order valence-electron chi connectivity index (χ1n) is 11.8. The number of benzene rings is 1. The van der Waals surface area contributed by atoms with Crippen molar-refractivity contribution < 1.29 is 19.1 Å². The summed E-state index contributed by atoms with van der Waals surface area (Å²) in [4.78, 5) is 26.9. The van der Waals surface area contributed by atoms with Gasteiger partial charge in [-0.1, -0.05) is 18.0 Å². The summed E-state index contributed by atoms with van der Waals surface area (Å²) in [6, 6.07) is 4.31. The first-order valence-corrected chi connectivity index (χ1v) is 12.1. The number of halogens is 1. The maximum absolute atomic E-state index is 12.7. The van der Waals surface area contributed by atoms with Crippen LogP contribution >= 0.6 is 11.6 Å². The molecule has 2 atom stereocenters. The van der Waals surface area contributed by atoms with Crippen molar-refractivity contribution in [3.05, 3.63) is 22.7 Å². The van der Waals surface area contributed by atoms with E-state index in [1.165, 1.54) is 26.4 Å². The van der Waals surface area contributed by atoms with Gasteiger partial charge in [0.2, 0.25) is 0 Å². The van der Waals surface area contributed by atoms with Crippen LogP contribution in [0.4, 0.5) is 5.69 Å². The highest BCUT2D eigenvalue weighted by Crippen LogP contribution is 2.38. The molecule has 0 aliphatic carbocycles. The lowest BCUT2D eigenvalue weighted by Crippen LogP contribution is -2.52. The maximum Gasteiger partial charge on any atom is 0.305 e. The molecule has 2 aliphatic heterocycles. The third kappa shape index (κ3) is 6.29. The van der Waals surface area contributed by atoms with Crippen LogP contribution in [0.3, 0.4) is 0 Å². The van der Waals surface area contributed by atoms with Gasteiger partial charge < -0.3 is 20.5 Å². The topological polar surface area (TPSA) is 93.9 Å². The quantitative estimate of drug-likeness (QED) is 0.400. The molecular formula is C24H36ClN3O4. The number of methoxy groups -OCH3 is 1. The molecule has 32 heavy (non-hydrogen) atoms.